The Morgan fingerprint density at radius 1 is 1.06 bits per heavy atom. The van der Waals surface area contributed by atoms with Crippen LogP contribution in [0.15, 0.2) is 36.5 Å². The standard InChI is InChI=1S/C25H30N6O2/c1-16-17(2)29-31(19(16)4)15-23(32)30-13-9-8-12-22(30)24-26-14-21(18(3)27-24)25(33)28-20-10-6-5-7-11-20/h5-7,10-11,14,22H,8-9,12-13,15H2,1-4H3,(H,28,33)/t22-/m1/s1. The number of rotatable bonds is 5. The molecule has 4 rings (SSSR count). The van der Waals surface area contributed by atoms with E-state index in [0.717, 1.165) is 41.9 Å². The van der Waals surface area contributed by atoms with E-state index in [9.17, 15) is 9.59 Å². The first-order valence-electron chi connectivity index (χ1n) is 11.3. The minimum atomic E-state index is -0.248. The first-order chi connectivity index (χ1) is 15.8. The second-order valence-corrected chi connectivity index (χ2v) is 8.60. The smallest absolute Gasteiger partial charge is 0.259 e. The highest BCUT2D eigenvalue weighted by atomic mass is 16.2. The van der Waals surface area contributed by atoms with Crippen molar-refractivity contribution >= 4 is 17.5 Å². The average Bonchev–Trinajstić information content (AvgIpc) is 3.05. The van der Waals surface area contributed by atoms with Gasteiger partial charge in [0, 0.05) is 24.1 Å². The molecule has 1 aliphatic heterocycles. The van der Waals surface area contributed by atoms with Crippen LogP contribution < -0.4 is 5.32 Å². The fourth-order valence-electron chi connectivity index (χ4n) is 4.25. The summed E-state index contributed by atoms with van der Waals surface area (Å²) in [6.07, 6.45) is 4.33. The highest BCUT2D eigenvalue weighted by Gasteiger charge is 2.31. The van der Waals surface area contributed by atoms with Crippen molar-refractivity contribution in [3.63, 3.8) is 0 Å². The molecule has 1 aromatic carbocycles. The molecule has 1 fully saturated rings. The molecule has 33 heavy (non-hydrogen) atoms. The number of amides is 2. The molecule has 1 N–H and O–H groups in total. The molecule has 2 amide bonds. The Kier molecular flexibility index (Phi) is 6.53. The monoisotopic (exact) mass is 446 g/mol. The van der Waals surface area contributed by atoms with Crippen LogP contribution in [0.3, 0.4) is 0 Å². The largest absolute Gasteiger partial charge is 0.331 e. The quantitative estimate of drug-likeness (QED) is 0.641. The number of carbonyl (C=O) groups excluding carboxylic acids is 2. The van der Waals surface area contributed by atoms with Crippen LogP contribution in [0.1, 0.15) is 64.1 Å². The van der Waals surface area contributed by atoms with Gasteiger partial charge < -0.3 is 10.2 Å². The molecule has 3 aromatic rings. The number of para-hydroxylation sites is 1. The summed E-state index contributed by atoms with van der Waals surface area (Å²) in [6, 6.07) is 9.09. The summed E-state index contributed by atoms with van der Waals surface area (Å²) in [5.74, 6) is 0.348. The number of nitrogens with zero attached hydrogens (tertiary/aromatic N) is 5. The molecule has 3 heterocycles. The maximum Gasteiger partial charge on any atom is 0.259 e. The summed E-state index contributed by atoms with van der Waals surface area (Å²) < 4.78 is 1.78. The van der Waals surface area contributed by atoms with Crippen LogP contribution in [0.2, 0.25) is 0 Å². The van der Waals surface area contributed by atoms with Gasteiger partial charge in [-0.3, -0.25) is 14.3 Å². The van der Waals surface area contributed by atoms with E-state index in [4.69, 9.17) is 0 Å². The van der Waals surface area contributed by atoms with Gasteiger partial charge in [-0.25, -0.2) is 9.97 Å². The van der Waals surface area contributed by atoms with E-state index >= 15 is 0 Å². The normalized spacial score (nSPS) is 16.0. The van der Waals surface area contributed by atoms with Crippen LogP contribution in [0.4, 0.5) is 5.69 Å². The second kappa shape index (κ2) is 9.52. The van der Waals surface area contributed by atoms with Gasteiger partial charge in [0.1, 0.15) is 6.54 Å². The zero-order valence-corrected chi connectivity index (χ0v) is 19.6. The number of anilines is 1. The first kappa shape index (κ1) is 22.6. The van der Waals surface area contributed by atoms with Crippen molar-refractivity contribution in [1.29, 1.82) is 0 Å². The summed E-state index contributed by atoms with van der Waals surface area (Å²) in [6.45, 7) is 8.64. The highest BCUT2D eigenvalue weighted by molar-refractivity contribution is 6.04. The Balaban J connectivity index is 1.52. The van der Waals surface area contributed by atoms with Crippen LogP contribution >= 0.6 is 0 Å². The highest BCUT2D eigenvalue weighted by Crippen LogP contribution is 2.29. The second-order valence-electron chi connectivity index (χ2n) is 8.60. The Morgan fingerprint density at radius 3 is 2.48 bits per heavy atom. The van der Waals surface area contributed by atoms with Crippen molar-refractivity contribution < 1.29 is 9.59 Å². The lowest BCUT2D eigenvalue weighted by molar-refractivity contribution is -0.136. The number of nitrogens with one attached hydrogen (secondary N) is 1. The minimum absolute atomic E-state index is 0.0115. The maximum atomic E-state index is 13.2. The maximum absolute atomic E-state index is 13.2. The molecule has 1 aliphatic rings. The van der Waals surface area contributed by atoms with Gasteiger partial charge in [0.25, 0.3) is 5.91 Å². The van der Waals surface area contributed by atoms with E-state index in [-0.39, 0.29) is 24.4 Å². The van der Waals surface area contributed by atoms with E-state index in [0.29, 0.717) is 23.6 Å². The Morgan fingerprint density at radius 2 is 1.82 bits per heavy atom. The van der Waals surface area contributed by atoms with Crippen LogP contribution in [0.25, 0.3) is 0 Å². The van der Waals surface area contributed by atoms with Gasteiger partial charge in [0.05, 0.1) is 23.0 Å². The predicted molar refractivity (Wildman–Crippen MR) is 126 cm³/mol. The summed E-state index contributed by atoms with van der Waals surface area (Å²) >= 11 is 0. The molecule has 8 heteroatoms. The fourth-order valence-corrected chi connectivity index (χ4v) is 4.25. The summed E-state index contributed by atoms with van der Waals surface area (Å²) in [5, 5.41) is 7.39. The number of benzene rings is 1. The number of carbonyl (C=O) groups is 2. The van der Waals surface area contributed by atoms with Gasteiger partial charge in [-0.05, 0) is 64.7 Å². The van der Waals surface area contributed by atoms with Crippen molar-refractivity contribution in [2.45, 2.75) is 59.5 Å². The van der Waals surface area contributed by atoms with E-state index in [2.05, 4.69) is 20.4 Å². The SMILES string of the molecule is Cc1nc([C@H]2CCCCN2C(=O)Cn2nc(C)c(C)c2C)ncc1C(=O)Nc1ccccc1. The van der Waals surface area contributed by atoms with E-state index in [1.807, 2.05) is 56.0 Å². The van der Waals surface area contributed by atoms with E-state index < -0.39 is 0 Å². The minimum Gasteiger partial charge on any atom is -0.331 e. The molecule has 0 spiro atoms. The molecule has 1 atom stereocenters. The summed E-state index contributed by atoms with van der Waals surface area (Å²) in [7, 11) is 0. The molecule has 0 unspecified atom stereocenters. The van der Waals surface area contributed by atoms with Crippen LogP contribution in [-0.4, -0.2) is 43.0 Å². The fraction of sp³-hybridized carbons (Fsp3) is 0.400. The average molecular weight is 447 g/mol. The number of hydrogen-bond donors (Lipinski definition) is 1. The van der Waals surface area contributed by atoms with Crippen molar-refractivity contribution in [3.05, 3.63) is 70.6 Å². The van der Waals surface area contributed by atoms with Gasteiger partial charge in [-0.1, -0.05) is 18.2 Å². The van der Waals surface area contributed by atoms with Gasteiger partial charge in [0.15, 0.2) is 5.82 Å². The van der Waals surface area contributed by atoms with Crippen LogP contribution in [0.5, 0.6) is 0 Å². The van der Waals surface area contributed by atoms with E-state index in [1.165, 1.54) is 0 Å². The van der Waals surface area contributed by atoms with Gasteiger partial charge in [0.2, 0.25) is 5.91 Å². The number of hydrogen-bond acceptors (Lipinski definition) is 5. The summed E-state index contributed by atoms with van der Waals surface area (Å²) in [4.78, 5) is 37.0. The van der Waals surface area contributed by atoms with Crippen molar-refractivity contribution in [2.75, 3.05) is 11.9 Å². The number of piperidine rings is 1. The molecule has 0 saturated carbocycles. The molecule has 0 bridgehead atoms. The lowest BCUT2D eigenvalue weighted by Crippen LogP contribution is -2.41. The van der Waals surface area contributed by atoms with Crippen molar-refractivity contribution in [2.24, 2.45) is 0 Å². The van der Waals surface area contributed by atoms with Crippen molar-refractivity contribution in [3.8, 4) is 0 Å². The number of likely N-dealkylation sites (tertiary alicyclic amines) is 1. The van der Waals surface area contributed by atoms with Crippen LogP contribution in [-0.2, 0) is 11.3 Å². The third-order valence-corrected chi connectivity index (χ3v) is 6.42. The zero-order valence-electron chi connectivity index (χ0n) is 19.6. The number of aryl methyl sites for hydroxylation is 2. The Labute approximate surface area is 194 Å². The molecule has 2 aromatic heterocycles. The van der Waals surface area contributed by atoms with E-state index in [1.54, 1.807) is 17.8 Å². The zero-order chi connectivity index (χ0) is 23.5. The van der Waals surface area contributed by atoms with Gasteiger partial charge in [-0.15, -0.1) is 0 Å². The van der Waals surface area contributed by atoms with Crippen LogP contribution in [0, 0.1) is 27.7 Å². The molecule has 0 radical (unpaired) electrons. The summed E-state index contributed by atoms with van der Waals surface area (Å²) in [5.41, 5.74) is 4.81. The number of aromatic nitrogens is 4. The Bertz CT molecular complexity index is 1170. The molecule has 1 saturated heterocycles. The van der Waals surface area contributed by atoms with Crippen molar-refractivity contribution in [1.82, 2.24) is 24.6 Å². The molecule has 172 valence electrons. The lowest BCUT2D eigenvalue weighted by atomic mass is 10.0. The first-order valence-corrected chi connectivity index (χ1v) is 11.3. The lowest BCUT2D eigenvalue weighted by Gasteiger charge is -2.35. The predicted octanol–water partition coefficient (Wildman–Crippen LogP) is 3.91. The van der Waals surface area contributed by atoms with Gasteiger partial charge >= 0.3 is 0 Å². The Hall–Kier alpha value is -3.55. The third-order valence-electron chi connectivity index (χ3n) is 6.42. The molecule has 0 aliphatic carbocycles. The molecular weight excluding hydrogens is 416 g/mol. The topological polar surface area (TPSA) is 93.0 Å². The van der Waals surface area contributed by atoms with Gasteiger partial charge in [-0.2, -0.15) is 5.10 Å². The molecule has 8 nitrogen and oxygen atoms in total. The third kappa shape index (κ3) is 4.79. The molecular formula is C25H30N6O2.